The minimum Gasteiger partial charge on any atom is -0.482 e. The van der Waals surface area contributed by atoms with E-state index < -0.39 is 0 Å². The van der Waals surface area contributed by atoms with E-state index in [0.29, 0.717) is 11.4 Å². The third kappa shape index (κ3) is 3.01. The predicted molar refractivity (Wildman–Crippen MR) is 79.1 cm³/mol. The van der Waals surface area contributed by atoms with Crippen molar-refractivity contribution < 1.29 is 14.3 Å². The van der Waals surface area contributed by atoms with Gasteiger partial charge in [0.15, 0.2) is 6.61 Å². The number of amides is 2. The Morgan fingerprint density at radius 3 is 2.90 bits per heavy atom. The summed E-state index contributed by atoms with van der Waals surface area (Å²) in [6.45, 7) is 2.01. The van der Waals surface area contributed by atoms with E-state index in [-0.39, 0.29) is 30.4 Å². The zero-order valence-electron chi connectivity index (χ0n) is 12.1. The molecule has 0 aromatic heterocycles. The standard InChI is InChI=1S/C16H20N2O3/c1-10(17-16(20)11-4-2-3-5-11)12-6-7-14-13(8-12)18-15(19)9-21-14/h6-8,10-11H,2-5,9H2,1H3,(H,17,20)(H,18,19)/t10-/m0/s1. The van der Waals surface area contributed by atoms with Gasteiger partial charge in [0.05, 0.1) is 11.7 Å². The van der Waals surface area contributed by atoms with Crippen molar-refractivity contribution in [1.29, 1.82) is 0 Å². The molecule has 0 saturated heterocycles. The van der Waals surface area contributed by atoms with Gasteiger partial charge >= 0.3 is 0 Å². The Bertz CT molecular complexity index is 565. The van der Waals surface area contributed by atoms with Crippen molar-refractivity contribution >= 4 is 17.5 Å². The second kappa shape index (κ2) is 5.76. The van der Waals surface area contributed by atoms with Crippen molar-refractivity contribution in [3.8, 4) is 5.75 Å². The van der Waals surface area contributed by atoms with Crippen molar-refractivity contribution in [3.63, 3.8) is 0 Å². The number of nitrogens with one attached hydrogen (secondary N) is 2. The SMILES string of the molecule is C[C@H](NC(=O)C1CCCC1)c1ccc2c(c1)NC(=O)CO2. The molecule has 0 radical (unpaired) electrons. The first-order valence-corrected chi connectivity index (χ1v) is 7.50. The smallest absolute Gasteiger partial charge is 0.262 e. The van der Waals surface area contributed by atoms with Gasteiger partial charge in [-0.2, -0.15) is 0 Å². The first-order chi connectivity index (χ1) is 10.1. The largest absolute Gasteiger partial charge is 0.482 e. The third-order valence-electron chi connectivity index (χ3n) is 4.22. The summed E-state index contributed by atoms with van der Waals surface area (Å²) >= 11 is 0. The van der Waals surface area contributed by atoms with Crippen molar-refractivity contribution in [2.45, 2.75) is 38.6 Å². The Kier molecular flexibility index (Phi) is 3.82. The van der Waals surface area contributed by atoms with Crippen LogP contribution < -0.4 is 15.4 Å². The average Bonchev–Trinajstić information content (AvgIpc) is 3.00. The van der Waals surface area contributed by atoms with Crippen molar-refractivity contribution in [3.05, 3.63) is 23.8 Å². The highest BCUT2D eigenvalue weighted by Gasteiger charge is 2.24. The van der Waals surface area contributed by atoms with Gasteiger partial charge in [0, 0.05) is 5.92 Å². The molecule has 1 aliphatic heterocycles. The minimum atomic E-state index is -0.151. The fourth-order valence-corrected chi connectivity index (χ4v) is 2.97. The van der Waals surface area contributed by atoms with Crippen LogP contribution in [0.15, 0.2) is 18.2 Å². The van der Waals surface area contributed by atoms with E-state index in [9.17, 15) is 9.59 Å². The van der Waals surface area contributed by atoms with Gasteiger partial charge in [0.25, 0.3) is 5.91 Å². The van der Waals surface area contributed by atoms with E-state index in [1.165, 1.54) is 0 Å². The van der Waals surface area contributed by atoms with Gasteiger partial charge in [0.2, 0.25) is 5.91 Å². The van der Waals surface area contributed by atoms with Crippen molar-refractivity contribution in [2.24, 2.45) is 5.92 Å². The first-order valence-electron chi connectivity index (χ1n) is 7.50. The lowest BCUT2D eigenvalue weighted by Crippen LogP contribution is -2.32. The molecule has 2 N–H and O–H groups in total. The predicted octanol–water partition coefficient (Wildman–Crippen LogP) is 2.38. The number of carbonyl (C=O) groups is 2. The summed E-state index contributed by atoms with van der Waals surface area (Å²) in [6.07, 6.45) is 4.28. The summed E-state index contributed by atoms with van der Waals surface area (Å²) in [4.78, 5) is 23.5. The maximum Gasteiger partial charge on any atom is 0.262 e. The van der Waals surface area contributed by atoms with Gasteiger partial charge in [-0.25, -0.2) is 0 Å². The van der Waals surface area contributed by atoms with Gasteiger partial charge in [-0.3, -0.25) is 9.59 Å². The van der Waals surface area contributed by atoms with Crippen LogP contribution in [0.3, 0.4) is 0 Å². The molecule has 1 heterocycles. The number of carbonyl (C=O) groups excluding carboxylic acids is 2. The molecule has 2 aliphatic rings. The summed E-state index contributed by atoms with van der Waals surface area (Å²) < 4.78 is 5.33. The molecular weight excluding hydrogens is 268 g/mol. The van der Waals surface area contributed by atoms with Crippen LogP contribution in [0.1, 0.15) is 44.2 Å². The minimum absolute atomic E-state index is 0.0559. The summed E-state index contributed by atoms with van der Waals surface area (Å²) in [6, 6.07) is 5.55. The Balaban J connectivity index is 1.69. The highest BCUT2D eigenvalue weighted by atomic mass is 16.5. The maximum atomic E-state index is 12.2. The van der Waals surface area contributed by atoms with Crippen LogP contribution in [0.2, 0.25) is 0 Å². The summed E-state index contributed by atoms with van der Waals surface area (Å²) in [7, 11) is 0. The molecule has 5 heteroatoms. The first kappa shape index (κ1) is 13.9. The Morgan fingerprint density at radius 2 is 2.14 bits per heavy atom. The number of rotatable bonds is 3. The number of ether oxygens (including phenoxy) is 1. The molecule has 1 aromatic rings. The molecule has 21 heavy (non-hydrogen) atoms. The Hall–Kier alpha value is -2.04. The van der Waals surface area contributed by atoms with Gasteiger partial charge in [-0.15, -0.1) is 0 Å². The highest BCUT2D eigenvalue weighted by molar-refractivity contribution is 5.95. The maximum absolute atomic E-state index is 12.2. The van der Waals surface area contributed by atoms with Crippen LogP contribution >= 0.6 is 0 Å². The van der Waals surface area contributed by atoms with Crippen LogP contribution in [-0.4, -0.2) is 18.4 Å². The molecule has 2 amide bonds. The fraction of sp³-hybridized carbons (Fsp3) is 0.500. The number of anilines is 1. The molecule has 0 bridgehead atoms. The molecule has 1 saturated carbocycles. The highest BCUT2D eigenvalue weighted by Crippen LogP contribution is 2.31. The normalized spacial score (nSPS) is 19.4. The van der Waals surface area contributed by atoms with E-state index in [1.54, 1.807) is 0 Å². The van der Waals surface area contributed by atoms with Crippen LogP contribution in [0, 0.1) is 5.92 Å². The summed E-state index contributed by atoms with van der Waals surface area (Å²) in [5.41, 5.74) is 1.64. The lowest BCUT2D eigenvalue weighted by Gasteiger charge is -2.21. The van der Waals surface area contributed by atoms with E-state index in [4.69, 9.17) is 4.74 Å². The fourth-order valence-electron chi connectivity index (χ4n) is 2.97. The van der Waals surface area contributed by atoms with Gasteiger partial charge in [-0.05, 0) is 37.5 Å². The molecule has 1 atom stereocenters. The quantitative estimate of drug-likeness (QED) is 0.897. The van der Waals surface area contributed by atoms with Gasteiger partial charge in [-0.1, -0.05) is 18.9 Å². The third-order valence-corrected chi connectivity index (χ3v) is 4.22. The molecule has 5 nitrogen and oxygen atoms in total. The molecule has 1 fully saturated rings. The second-order valence-electron chi connectivity index (χ2n) is 5.80. The Morgan fingerprint density at radius 1 is 1.38 bits per heavy atom. The topological polar surface area (TPSA) is 67.4 Å². The van der Waals surface area contributed by atoms with Crippen LogP contribution in [-0.2, 0) is 9.59 Å². The number of fused-ring (bicyclic) bond motifs is 1. The van der Waals surface area contributed by atoms with E-state index >= 15 is 0 Å². The number of hydrogen-bond acceptors (Lipinski definition) is 3. The molecule has 1 aromatic carbocycles. The van der Waals surface area contributed by atoms with E-state index in [2.05, 4.69) is 10.6 Å². The molecule has 3 rings (SSSR count). The molecule has 112 valence electrons. The Labute approximate surface area is 124 Å². The molecule has 0 spiro atoms. The number of hydrogen-bond donors (Lipinski definition) is 2. The summed E-state index contributed by atoms with van der Waals surface area (Å²) in [5.74, 6) is 0.820. The monoisotopic (exact) mass is 288 g/mol. The van der Waals surface area contributed by atoms with Crippen LogP contribution in [0.4, 0.5) is 5.69 Å². The molecule has 1 aliphatic carbocycles. The zero-order valence-corrected chi connectivity index (χ0v) is 12.1. The van der Waals surface area contributed by atoms with Gasteiger partial charge < -0.3 is 15.4 Å². The number of benzene rings is 1. The van der Waals surface area contributed by atoms with Gasteiger partial charge in [0.1, 0.15) is 5.75 Å². The van der Waals surface area contributed by atoms with Crippen molar-refractivity contribution in [1.82, 2.24) is 5.32 Å². The second-order valence-corrected chi connectivity index (χ2v) is 5.80. The average molecular weight is 288 g/mol. The molecular formula is C16H20N2O3. The van der Waals surface area contributed by atoms with E-state index in [1.807, 2.05) is 25.1 Å². The van der Waals surface area contributed by atoms with Crippen LogP contribution in [0.5, 0.6) is 5.75 Å². The summed E-state index contributed by atoms with van der Waals surface area (Å²) in [5, 5.41) is 5.85. The van der Waals surface area contributed by atoms with E-state index in [0.717, 1.165) is 31.2 Å². The molecule has 0 unspecified atom stereocenters. The lowest BCUT2D eigenvalue weighted by molar-refractivity contribution is -0.125. The zero-order chi connectivity index (χ0) is 14.8. The van der Waals surface area contributed by atoms with Crippen molar-refractivity contribution in [2.75, 3.05) is 11.9 Å². The van der Waals surface area contributed by atoms with Crippen LogP contribution in [0.25, 0.3) is 0 Å². The lowest BCUT2D eigenvalue weighted by atomic mass is 10.0.